The summed E-state index contributed by atoms with van der Waals surface area (Å²) in [5.41, 5.74) is 1.14. The van der Waals surface area contributed by atoms with Gasteiger partial charge in [-0.3, -0.25) is 4.99 Å². The van der Waals surface area contributed by atoms with Gasteiger partial charge < -0.3 is 20.1 Å². The first-order valence-corrected chi connectivity index (χ1v) is 8.55. The summed E-state index contributed by atoms with van der Waals surface area (Å²) in [4.78, 5) is 4.21. The Balaban J connectivity index is 0.00000288. The van der Waals surface area contributed by atoms with Crippen molar-refractivity contribution in [3.63, 3.8) is 0 Å². The standard InChI is InChI=1S/C18H29N3O2.HI/c1-4-11-20-18(19-2)21-13-14-9-10-16(17(12-14)22-3)23-15-7-5-6-8-15;/h9-10,12,15H,4-8,11,13H2,1-3H3,(H2,19,20,21);1H. The van der Waals surface area contributed by atoms with E-state index >= 15 is 0 Å². The van der Waals surface area contributed by atoms with Gasteiger partial charge in [0.05, 0.1) is 13.2 Å². The van der Waals surface area contributed by atoms with Gasteiger partial charge in [0, 0.05) is 20.1 Å². The minimum absolute atomic E-state index is 0. The van der Waals surface area contributed by atoms with Crippen LogP contribution in [0.4, 0.5) is 0 Å². The van der Waals surface area contributed by atoms with Crippen LogP contribution in [0.25, 0.3) is 0 Å². The van der Waals surface area contributed by atoms with E-state index in [2.05, 4.69) is 28.6 Å². The Labute approximate surface area is 162 Å². The van der Waals surface area contributed by atoms with E-state index in [1.165, 1.54) is 12.8 Å². The molecule has 1 fully saturated rings. The van der Waals surface area contributed by atoms with Gasteiger partial charge in [0.25, 0.3) is 0 Å². The lowest BCUT2D eigenvalue weighted by atomic mass is 10.2. The molecule has 0 unspecified atom stereocenters. The molecule has 0 bridgehead atoms. The van der Waals surface area contributed by atoms with Crippen LogP contribution in [-0.4, -0.2) is 32.8 Å². The number of rotatable bonds is 7. The van der Waals surface area contributed by atoms with Crippen molar-refractivity contribution in [2.45, 2.75) is 51.7 Å². The van der Waals surface area contributed by atoms with Gasteiger partial charge in [-0.15, -0.1) is 24.0 Å². The number of halogens is 1. The molecule has 1 saturated carbocycles. The Kier molecular flexibility index (Phi) is 9.90. The lowest BCUT2D eigenvalue weighted by Crippen LogP contribution is -2.37. The van der Waals surface area contributed by atoms with E-state index in [9.17, 15) is 0 Å². The van der Waals surface area contributed by atoms with Crippen LogP contribution in [0, 0.1) is 0 Å². The van der Waals surface area contributed by atoms with Crippen molar-refractivity contribution < 1.29 is 9.47 Å². The molecule has 2 rings (SSSR count). The van der Waals surface area contributed by atoms with Crippen LogP contribution in [0.15, 0.2) is 23.2 Å². The summed E-state index contributed by atoms with van der Waals surface area (Å²) in [7, 11) is 3.47. The quantitative estimate of drug-likeness (QED) is 0.380. The van der Waals surface area contributed by atoms with Gasteiger partial charge in [0.2, 0.25) is 0 Å². The van der Waals surface area contributed by atoms with Gasteiger partial charge in [-0.05, 0) is 49.8 Å². The third-order valence-corrected chi connectivity index (χ3v) is 4.05. The normalized spacial score (nSPS) is 14.9. The molecule has 6 heteroatoms. The SMILES string of the molecule is CCCNC(=NC)NCc1ccc(OC2CCCC2)c(OC)c1.I. The van der Waals surface area contributed by atoms with Crippen molar-refractivity contribution in [1.82, 2.24) is 10.6 Å². The molecule has 0 saturated heterocycles. The van der Waals surface area contributed by atoms with Gasteiger partial charge in [-0.1, -0.05) is 13.0 Å². The molecular formula is C18H30IN3O2. The van der Waals surface area contributed by atoms with E-state index in [-0.39, 0.29) is 24.0 Å². The monoisotopic (exact) mass is 447 g/mol. The fourth-order valence-electron chi connectivity index (χ4n) is 2.75. The number of methoxy groups -OCH3 is 1. The van der Waals surface area contributed by atoms with Gasteiger partial charge >= 0.3 is 0 Å². The number of nitrogens with one attached hydrogen (secondary N) is 2. The Morgan fingerprint density at radius 1 is 1.21 bits per heavy atom. The van der Waals surface area contributed by atoms with E-state index in [0.717, 1.165) is 48.8 Å². The van der Waals surface area contributed by atoms with E-state index in [4.69, 9.17) is 9.47 Å². The lowest BCUT2D eigenvalue weighted by Gasteiger charge is -2.17. The van der Waals surface area contributed by atoms with Crippen molar-refractivity contribution in [1.29, 1.82) is 0 Å². The van der Waals surface area contributed by atoms with Crippen LogP contribution >= 0.6 is 24.0 Å². The lowest BCUT2D eigenvalue weighted by molar-refractivity contribution is 0.200. The molecule has 0 aliphatic heterocycles. The minimum atomic E-state index is 0. The number of hydrogen-bond acceptors (Lipinski definition) is 3. The van der Waals surface area contributed by atoms with Gasteiger partial charge in [0.15, 0.2) is 17.5 Å². The molecule has 2 N–H and O–H groups in total. The van der Waals surface area contributed by atoms with Crippen LogP contribution in [0.2, 0.25) is 0 Å². The third kappa shape index (κ3) is 6.37. The van der Waals surface area contributed by atoms with E-state index in [1.807, 2.05) is 12.1 Å². The average Bonchev–Trinajstić information content (AvgIpc) is 3.09. The summed E-state index contributed by atoms with van der Waals surface area (Å²) in [6, 6.07) is 6.12. The highest BCUT2D eigenvalue weighted by Gasteiger charge is 2.18. The summed E-state index contributed by atoms with van der Waals surface area (Å²) in [5, 5.41) is 6.57. The number of guanidine groups is 1. The summed E-state index contributed by atoms with van der Waals surface area (Å²) in [6.45, 7) is 3.74. The summed E-state index contributed by atoms with van der Waals surface area (Å²) in [6.07, 6.45) is 6.22. The number of aliphatic imine (C=N–C) groups is 1. The topological polar surface area (TPSA) is 54.9 Å². The van der Waals surface area contributed by atoms with Crippen LogP contribution < -0.4 is 20.1 Å². The zero-order valence-corrected chi connectivity index (χ0v) is 17.3. The average molecular weight is 447 g/mol. The Bertz CT molecular complexity index is 517. The number of nitrogens with zero attached hydrogens (tertiary/aromatic N) is 1. The van der Waals surface area contributed by atoms with Crippen molar-refractivity contribution in [3.05, 3.63) is 23.8 Å². The van der Waals surface area contributed by atoms with E-state index < -0.39 is 0 Å². The molecule has 1 aromatic rings. The maximum atomic E-state index is 6.07. The van der Waals surface area contributed by atoms with Gasteiger partial charge in [-0.2, -0.15) is 0 Å². The maximum Gasteiger partial charge on any atom is 0.191 e. The third-order valence-electron chi connectivity index (χ3n) is 4.05. The Hall–Kier alpha value is -1.18. The highest BCUT2D eigenvalue weighted by Crippen LogP contribution is 2.32. The molecule has 24 heavy (non-hydrogen) atoms. The zero-order chi connectivity index (χ0) is 16.5. The first-order valence-electron chi connectivity index (χ1n) is 8.55. The predicted molar refractivity (Wildman–Crippen MR) is 110 cm³/mol. The van der Waals surface area contributed by atoms with Crippen LogP contribution in [-0.2, 0) is 6.54 Å². The highest BCUT2D eigenvalue weighted by atomic mass is 127. The molecule has 1 aliphatic rings. The molecule has 0 radical (unpaired) electrons. The molecule has 0 aromatic heterocycles. The number of hydrogen-bond donors (Lipinski definition) is 2. The Morgan fingerprint density at radius 2 is 1.96 bits per heavy atom. The molecular weight excluding hydrogens is 417 g/mol. The van der Waals surface area contributed by atoms with Crippen molar-refractivity contribution in [2.24, 2.45) is 4.99 Å². The summed E-state index contributed by atoms with van der Waals surface area (Å²) < 4.78 is 11.6. The van der Waals surface area contributed by atoms with Crippen LogP contribution in [0.5, 0.6) is 11.5 Å². The number of ether oxygens (including phenoxy) is 2. The second-order valence-electron chi connectivity index (χ2n) is 5.86. The highest BCUT2D eigenvalue weighted by molar-refractivity contribution is 14.0. The van der Waals surface area contributed by atoms with Crippen LogP contribution in [0.3, 0.4) is 0 Å². The van der Waals surface area contributed by atoms with E-state index in [0.29, 0.717) is 12.6 Å². The molecule has 0 atom stereocenters. The maximum absolute atomic E-state index is 6.07. The predicted octanol–water partition coefficient (Wildman–Crippen LogP) is 3.71. The first-order chi connectivity index (χ1) is 11.3. The minimum Gasteiger partial charge on any atom is -0.493 e. The van der Waals surface area contributed by atoms with Gasteiger partial charge in [0.1, 0.15) is 0 Å². The first kappa shape index (κ1) is 20.9. The molecule has 136 valence electrons. The summed E-state index contributed by atoms with van der Waals surface area (Å²) >= 11 is 0. The largest absolute Gasteiger partial charge is 0.493 e. The fraction of sp³-hybridized carbons (Fsp3) is 0.611. The smallest absolute Gasteiger partial charge is 0.191 e. The van der Waals surface area contributed by atoms with Crippen molar-refractivity contribution in [2.75, 3.05) is 20.7 Å². The Morgan fingerprint density at radius 3 is 2.58 bits per heavy atom. The second kappa shape index (κ2) is 11.4. The van der Waals surface area contributed by atoms with Crippen LogP contribution in [0.1, 0.15) is 44.6 Å². The zero-order valence-electron chi connectivity index (χ0n) is 14.9. The molecule has 0 heterocycles. The van der Waals surface area contributed by atoms with Crippen molar-refractivity contribution in [3.8, 4) is 11.5 Å². The van der Waals surface area contributed by atoms with E-state index in [1.54, 1.807) is 14.2 Å². The molecule has 1 aromatic carbocycles. The number of benzene rings is 1. The summed E-state index contributed by atoms with van der Waals surface area (Å²) in [5.74, 6) is 2.46. The fourth-order valence-corrected chi connectivity index (χ4v) is 2.75. The van der Waals surface area contributed by atoms with Gasteiger partial charge in [-0.25, -0.2) is 0 Å². The molecule has 0 spiro atoms. The molecule has 5 nitrogen and oxygen atoms in total. The second-order valence-corrected chi connectivity index (χ2v) is 5.86. The van der Waals surface area contributed by atoms with Crippen molar-refractivity contribution >= 4 is 29.9 Å². The molecule has 1 aliphatic carbocycles. The molecule has 0 amide bonds.